The highest BCUT2D eigenvalue weighted by atomic mass is 19.1. The normalized spacial score (nSPS) is 23.9. The molecule has 0 N–H and O–H groups in total. The highest BCUT2D eigenvalue weighted by Crippen LogP contribution is 2.41. The Hall–Kier alpha value is -2.58. The third-order valence-corrected chi connectivity index (χ3v) is 5.47. The fraction of sp³-hybridized carbons (Fsp3) is 0.500. The first-order valence-electron chi connectivity index (χ1n) is 10.0. The van der Waals surface area contributed by atoms with E-state index in [-0.39, 0.29) is 25.4 Å². The van der Waals surface area contributed by atoms with Gasteiger partial charge in [0.2, 0.25) is 0 Å². The first kappa shape index (κ1) is 20.7. The molecule has 1 amide bonds. The zero-order valence-electron chi connectivity index (χ0n) is 17.4. The van der Waals surface area contributed by atoms with Gasteiger partial charge >= 0.3 is 0 Å². The van der Waals surface area contributed by atoms with Crippen LogP contribution >= 0.6 is 0 Å². The first-order valence-corrected chi connectivity index (χ1v) is 10.0. The Bertz CT molecular complexity index is 918. The lowest BCUT2D eigenvalue weighted by molar-refractivity contribution is -0.0503. The number of piperidine rings is 1. The molecule has 30 heavy (non-hydrogen) atoms. The molecule has 8 heteroatoms. The largest absolute Gasteiger partial charge is 0.490 e. The zero-order valence-corrected chi connectivity index (χ0v) is 17.4. The summed E-state index contributed by atoms with van der Waals surface area (Å²) in [5.41, 5.74) is -0.797. The van der Waals surface area contributed by atoms with E-state index < -0.39 is 11.3 Å². The number of halogens is 1. The number of benzene rings is 1. The number of amides is 1. The Morgan fingerprint density at radius 3 is 2.83 bits per heavy atom. The van der Waals surface area contributed by atoms with Crippen LogP contribution in [0, 0.1) is 6.92 Å². The van der Waals surface area contributed by atoms with E-state index in [9.17, 15) is 9.18 Å². The maximum absolute atomic E-state index is 13.7. The second kappa shape index (κ2) is 7.92. The van der Waals surface area contributed by atoms with Crippen LogP contribution in [-0.2, 0) is 15.1 Å². The average molecular weight is 415 g/mol. The molecule has 2 saturated heterocycles. The number of nitrogens with zero attached hydrogens (tertiary/aromatic N) is 3. The Balaban J connectivity index is 1.47. The number of hydrogen-bond donors (Lipinski definition) is 0. The molecule has 0 spiro atoms. The second-order valence-corrected chi connectivity index (χ2v) is 8.37. The Labute approximate surface area is 175 Å². The minimum absolute atomic E-state index is 0.0457. The van der Waals surface area contributed by atoms with E-state index in [1.807, 2.05) is 6.92 Å². The second-order valence-electron chi connectivity index (χ2n) is 8.37. The minimum Gasteiger partial charge on any atom is -0.490 e. The summed E-state index contributed by atoms with van der Waals surface area (Å²) in [6.45, 7) is 5.78. The molecule has 160 valence electrons. The van der Waals surface area contributed by atoms with Crippen LogP contribution in [-0.4, -0.2) is 59.0 Å². The van der Waals surface area contributed by atoms with Crippen LogP contribution in [0.3, 0.4) is 0 Å². The number of rotatable bonds is 5. The van der Waals surface area contributed by atoms with Crippen molar-refractivity contribution in [2.24, 2.45) is 0 Å². The minimum atomic E-state index is -1.42. The highest BCUT2D eigenvalue weighted by molar-refractivity contribution is 5.94. The number of aromatic nitrogens is 2. The molecule has 0 bridgehead atoms. The number of aryl methyl sites for hydroxylation is 1. The molecule has 1 aromatic heterocycles. The van der Waals surface area contributed by atoms with Gasteiger partial charge < -0.3 is 19.1 Å². The Kier molecular flexibility index (Phi) is 5.46. The molecule has 1 aromatic carbocycles. The molecule has 2 atom stereocenters. The van der Waals surface area contributed by atoms with Crippen molar-refractivity contribution in [3.8, 4) is 5.75 Å². The maximum Gasteiger partial charge on any atom is 0.253 e. The number of hydrogen-bond acceptors (Lipinski definition) is 6. The summed E-state index contributed by atoms with van der Waals surface area (Å²) in [5.74, 6) is 1.07. The van der Waals surface area contributed by atoms with Gasteiger partial charge in [-0.1, -0.05) is 0 Å². The van der Waals surface area contributed by atoms with Gasteiger partial charge in [0.15, 0.2) is 11.4 Å². The van der Waals surface area contributed by atoms with Crippen molar-refractivity contribution in [3.63, 3.8) is 0 Å². The lowest BCUT2D eigenvalue weighted by Gasteiger charge is -2.40. The van der Waals surface area contributed by atoms with E-state index in [0.717, 1.165) is 5.56 Å². The fourth-order valence-electron chi connectivity index (χ4n) is 3.87. The Morgan fingerprint density at radius 2 is 2.13 bits per heavy atom. The number of ether oxygens (including phenoxy) is 3. The van der Waals surface area contributed by atoms with Gasteiger partial charge in [0.05, 0.1) is 6.54 Å². The number of carbonyl (C=O) groups excluding carboxylic acids is 1. The average Bonchev–Trinajstić information content (AvgIpc) is 3.16. The van der Waals surface area contributed by atoms with Gasteiger partial charge in [0.1, 0.15) is 30.9 Å². The van der Waals surface area contributed by atoms with E-state index >= 15 is 0 Å². The van der Waals surface area contributed by atoms with Crippen molar-refractivity contribution in [1.29, 1.82) is 0 Å². The number of alkyl halides is 1. The van der Waals surface area contributed by atoms with Crippen LogP contribution in [0.1, 0.15) is 42.0 Å². The summed E-state index contributed by atoms with van der Waals surface area (Å²) in [7, 11) is 0. The van der Waals surface area contributed by atoms with Crippen LogP contribution in [0.2, 0.25) is 0 Å². The highest BCUT2D eigenvalue weighted by Gasteiger charge is 2.53. The van der Waals surface area contributed by atoms with Gasteiger partial charge in [-0.25, -0.2) is 14.4 Å². The van der Waals surface area contributed by atoms with E-state index in [1.165, 1.54) is 13.8 Å². The molecule has 0 unspecified atom stereocenters. The van der Waals surface area contributed by atoms with Gasteiger partial charge in [-0.05, 0) is 50.6 Å². The van der Waals surface area contributed by atoms with Crippen molar-refractivity contribution in [2.45, 2.75) is 44.6 Å². The van der Waals surface area contributed by atoms with Gasteiger partial charge in [-0.2, -0.15) is 0 Å². The van der Waals surface area contributed by atoms with Crippen molar-refractivity contribution in [1.82, 2.24) is 14.9 Å². The van der Waals surface area contributed by atoms with Gasteiger partial charge in [0.25, 0.3) is 5.91 Å². The third-order valence-electron chi connectivity index (χ3n) is 5.47. The smallest absolute Gasteiger partial charge is 0.253 e. The van der Waals surface area contributed by atoms with Crippen LogP contribution in [0.4, 0.5) is 4.39 Å². The first-order chi connectivity index (χ1) is 14.3. The molecule has 0 aliphatic carbocycles. The van der Waals surface area contributed by atoms with Crippen LogP contribution in [0.15, 0.2) is 36.7 Å². The monoisotopic (exact) mass is 415 g/mol. The molecule has 2 fully saturated rings. The van der Waals surface area contributed by atoms with Crippen LogP contribution < -0.4 is 4.74 Å². The van der Waals surface area contributed by atoms with Crippen molar-refractivity contribution in [2.75, 3.05) is 26.5 Å². The summed E-state index contributed by atoms with van der Waals surface area (Å²) in [6, 6.07) is 6.96. The van der Waals surface area contributed by atoms with E-state index in [4.69, 9.17) is 14.2 Å². The molecule has 2 aliphatic rings. The molecule has 2 aromatic rings. The van der Waals surface area contributed by atoms with Crippen molar-refractivity contribution in [3.05, 3.63) is 53.6 Å². The summed E-state index contributed by atoms with van der Waals surface area (Å²) in [4.78, 5) is 23.6. The standard InChI is InChI=1S/C22H26FN3O4/c1-15-11-16(5-6-17(15)28-13-21(2,3)23)19(27)26-10-7-22(18(12-26)29-14-30-22)20-24-8-4-9-25-20/h4-6,8-9,11,18H,7,10,12-14H2,1-3H3/t18-,22+/m1/s1. The van der Waals surface area contributed by atoms with Crippen LogP contribution in [0.5, 0.6) is 5.75 Å². The molecule has 0 saturated carbocycles. The summed E-state index contributed by atoms with van der Waals surface area (Å²) in [6.07, 6.45) is 3.60. The molecule has 4 rings (SSSR count). The predicted molar refractivity (Wildman–Crippen MR) is 107 cm³/mol. The molecular formula is C22H26FN3O4. The van der Waals surface area contributed by atoms with E-state index in [0.29, 0.717) is 36.6 Å². The summed E-state index contributed by atoms with van der Waals surface area (Å²) in [5, 5.41) is 0. The SMILES string of the molecule is Cc1cc(C(=O)N2CC[C@]3(c4ncccn4)OCO[C@@H]3C2)ccc1OCC(C)(C)F. The molecule has 2 aliphatic heterocycles. The molecule has 3 heterocycles. The molecule has 0 radical (unpaired) electrons. The molecular weight excluding hydrogens is 389 g/mol. The quantitative estimate of drug-likeness (QED) is 0.747. The number of likely N-dealkylation sites (tertiary alicyclic amines) is 1. The lowest BCUT2D eigenvalue weighted by atomic mass is 9.87. The Morgan fingerprint density at radius 1 is 1.37 bits per heavy atom. The number of fused-ring (bicyclic) bond motifs is 1. The lowest BCUT2D eigenvalue weighted by Crippen LogP contribution is -2.54. The fourth-order valence-corrected chi connectivity index (χ4v) is 3.87. The topological polar surface area (TPSA) is 73.8 Å². The van der Waals surface area contributed by atoms with Crippen LogP contribution in [0.25, 0.3) is 0 Å². The third kappa shape index (κ3) is 4.02. The summed E-state index contributed by atoms with van der Waals surface area (Å²) >= 11 is 0. The van der Waals surface area contributed by atoms with Gasteiger partial charge in [-0.3, -0.25) is 4.79 Å². The predicted octanol–water partition coefficient (Wildman–Crippen LogP) is 3.03. The van der Waals surface area contributed by atoms with E-state index in [1.54, 1.807) is 41.6 Å². The summed E-state index contributed by atoms with van der Waals surface area (Å²) < 4.78 is 31.0. The number of carbonyl (C=O) groups is 1. The zero-order chi connectivity index (χ0) is 21.4. The van der Waals surface area contributed by atoms with Gasteiger partial charge in [-0.15, -0.1) is 0 Å². The van der Waals surface area contributed by atoms with E-state index in [2.05, 4.69) is 9.97 Å². The maximum atomic E-state index is 13.7. The van der Waals surface area contributed by atoms with Gasteiger partial charge in [0, 0.05) is 30.9 Å². The molecule has 7 nitrogen and oxygen atoms in total. The van der Waals surface area contributed by atoms with Crippen molar-refractivity contribution >= 4 is 5.91 Å². The van der Waals surface area contributed by atoms with Crippen molar-refractivity contribution < 1.29 is 23.4 Å².